The number of rotatable bonds is 2. The van der Waals surface area contributed by atoms with Gasteiger partial charge in [-0.15, -0.1) is 0 Å². The van der Waals surface area contributed by atoms with Crippen molar-refractivity contribution in [2.75, 3.05) is 0 Å². The number of hydrogen-bond donors (Lipinski definition) is 1. The summed E-state index contributed by atoms with van der Waals surface area (Å²) in [7, 11) is 0. The molecule has 0 bridgehead atoms. The molecule has 2 unspecified atom stereocenters. The Morgan fingerprint density at radius 1 is 1.36 bits per heavy atom. The van der Waals surface area contributed by atoms with Gasteiger partial charge in [0.15, 0.2) is 0 Å². The monoisotopic (exact) mass is 195 g/mol. The first-order valence-electron chi connectivity index (χ1n) is 5.71. The summed E-state index contributed by atoms with van der Waals surface area (Å²) in [6.07, 6.45) is 7.21. The molecule has 0 heterocycles. The predicted molar refractivity (Wildman–Crippen MR) is 63.1 cm³/mol. The van der Waals surface area contributed by atoms with Crippen LogP contribution < -0.4 is 5.73 Å². The Balaban J connectivity index is 2.72. The summed E-state index contributed by atoms with van der Waals surface area (Å²) in [4.78, 5) is 0. The Hall–Kier alpha value is -0.300. The molecular weight excluding hydrogens is 170 g/mol. The number of allylic oxidation sites excluding steroid dienone is 1. The summed E-state index contributed by atoms with van der Waals surface area (Å²) in [5.74, 6) is 1.51. The average molecular weight is 195 g/mol. The normalized spacial score (nSPS) is 32.7. The fraction of sp³-hybridized carbons (Fsp3) is 0.846. The zero-order chi connectivity index (χ0) is 11.0. The van der Waals surface area contributed by atoms with Crippen LogP contribution in [0.15, 0.2) is 12.2 Å². The van der Waals surface area contributed by atoms with Crippen LogP contribution in [0.5, 0.6) is 0 Å². The molecule has 14 heavy (non-hydrogen) atoms. The van der Waals surface area contributed by atoms with E-state index < -0.39 is 0 Å². The molecule has 0 aliphatic heterocycles. The summed E-state index contributed by atoms with van der Waals surface area (Å²) < 4.78 is 0. The minimum Gasteiger partial charge on any atom is -0.322 e. The van der Waals surface area contributed by atoms with Gasteiger partial charge in [0.1, 0.15) is 0 Å². The van der Waals surface area contributed by atoms with Crippen LogP contribution >= 0.6 is 0 Å². The van der Waals surface area contributed by atoms with E-state index >= 15 is 0 Å². The van der Waals surface area contributed by atoms with E-state index in [0.717, 1.165) is 5.92 Å². The van der Waals surface area contributed by atoms with E-state index in [1.807, 2.05) is 0 Å². The smallest absolute Gasteiger partial charge is 0.0281 e. The SMILES string of the molecule is CC1CCC(C)(C)C1C=CC(C)(C)N. The second-order valence-corrected chi connectivity index (χ2v) is 6.21. The van der Waals surface area contributed by atoms with E-state index in [9.17, 15) is 0 Å². The van der Waals surface area contributed by atoms with E-state index in [4.69, 9.17) is 5.73 Å². The van der Waals surface area contributed by atoms with Crippen LogP contribution in [0.2, 0.25) is 0 Å². The molecule has 1 rings (SSSR count). The van der Waals surface area contributed by atoms with Gasteiger partial charge in [0.05, 0.1) is 0 Å². The first-order chi connectivity index (χ1) is 6.22. The summed E-state index contributed by atoms with van der Waals surface area (Å²) in [6.45, 7) is 11.2. The highest BCUT2D eigenvalue weighted by atomic mass is 14.7. The molecule has 1 aliphatic rings. The summed E-state index contributed by atoms with van der Waals surface area (Å²) in [5.41, 5.74) is 6.25. The first kappa shape index (κ1) is 11.8. The molecule has 0 aromatic rings. The van der Waals surface area contributed by atoms with Gasteiger partial charge in [-0.1, -0.05) is 32.9 Å². The fourth-order valence-corrected chi connectivity index (χ4v) is 2.52. The Kier molecular flexibility index (Phi) is 3.10. The van der Waals surface area contributed by atoms with Crippen LogP contribution in [-0.2, 0) is 0 Å². The average Bonchev–Trinajstić information content (AvgIpc) is 2.22. The summed E-state index contributed by atoms with van der Waals surface area (Å²) in [6, 6.07) is 0. The van der Waals surface area contributed by atoms with Crippen molar-refractivity contribution >= 4 is 0 Å². The number of hydrogen-bond acceptors (Lipinski definition) is 1. The number of nitrogens with two attached hydrogens (primary N) is 1. The first-order valence-corrected chi connectivity index (χ1v) is 5.71. The standard InChI is InChI=1S/C13H25N/c1-10-6-8-12(2,3)11(10)7-9-13(4,5)14/h7,9-11H,6,8,14H2,1-5H3. The van der Waals surface area contributed by atoms with Gasteiger partial charge in [-0.25, -0.2) is 0 Å². The van der Waals surface area contributed by atoms with Gasteiger partial charge in [-0.05, 0) is 43.9 Å². The molecule has 0 amide bonds. The van der Waals surface area contributed by atoms with Gasteiger partial charge in [0, 0.05) is 5.54 Å². The molecule has 1 fully saturated rings. The van der Waals surface area contributed by atoms with E-state index in [2.05, 4.69) is 46.8 Å². The molecule has 1 nitrogen and oxygen atoms in total. The maximum absolute atomic E-state index is 5.96. The fourth-order valence-electron chi connectivity index (χ4n) is 2.52. The highest BCUT2D eigenvalue weighted by Crippen LogP contribution is 2.47. The molecule has 1 saturated carbocycles. The van der Waals surface area contributed by atoms with Gasteiger partial charge >= 0.3 is 0 Å². The Morgan fingerprint density at radius 2 is 1.93 bits per heavy atom. The van der Waals surface area contributed by atoms with Crippen LogP contribution in [0.1, 0.15) is 47.5 Å². The molecular formula is C13H25N. The molecule has 82 valence electrons. The van der Waals surface area contributed by atoms with Gasteiger partial charge < -0.3 is 5.73 Å². The van der Waals surface area contributed by atoms with E-state index in [1.165, 1.54) is 12.8 Å². The zero-order valence-electron chi connectivity index (χ0n) is 10.3. The molecule has 1 aliphatic carbocycles. The highest BCUT2D eigenvalue weighted by molar-refractivity contribution is 5.07. The van der Waals surface area contributed by atoms with E-state index in [1.54, 1.807) is 0 Å². The molecule has 2 atom stereocenters. The topological polar surface area (TPSA) is 26.0 Å². The Bertz CT molecular complexity index is 220. The van der Waals surface area contributed by atoms with Gasteiger partial charge in [-0.3, -0.25) is 0 Å². The molecule has 2 N–H and O–H groups in total. The van der Waals surface area contributed by atoms with Crippen LogP contribution in [0.3, 0.4) is 0 Å². The van der Waals surface area contributed by atoms with Crippen LogP contribution in [0.25, 0.3) is 0 Å². The van der Waals surface area contributed by atoms with Crippen molar-refractivity contribution in [3.63, 3.8) is 0 Å². The Labute approximate surface area is 88.8 Å². The molecule has 0 saturated heterocycles. The molecule has 0 spiro atoms. The minimum absolute atomic E-state index is 0.168. The van der Waals surface area contributed by atoms with Crippen molar-refractivity contribution in [2.45, 2.75) is 53.0 Å². The van der Waals surface area contributed by atoms with Crippen molar-refractivity contribution < 1.29 is 0 Å². The lowest BCUT2D eigenvalue weighted by molar-refractivity contribution is 0.279. The minimum atomic E-state index is -0.168. The molecule has 0 radical (unpaired) electrons. The second-order valence-electron chi connectivity index (χ2n) is 6.21. The van der Waals surface area contributed by atoms with Gasteiger partial charge in [0.2, 0.25) is 0 Å². The predicted octanol–water partition coefficient (Wildman–Crippen LogP) is 3.35. The molecule has 0 aromatic heterocycles. The zero-order valence-corrected chi connectivity index (χ0v) is 10.3. The van der Waals surface area contributed by atoms with Crippen LogP contribution in [0, 0.1) is 17.3 Å². The van der Waals surface area contributed by atoms with E-state index in [0.29, 0.717) is 11.3 Å². The lowest BCUT2D eigenvalue weighted by atomic mass is 9.78. The molecule has 0 aromatic carbocycles. The maximum Gasteiger partial charge on any atom is 0.0281 e. The Morgan fingerprint density at radius 3 is 2.29 bits per heavy atom. The van der Waals surface area contributed by atoms with E-state index in [-0.39, 0.29) is 5.54 Å². The van der Waals surface area contributed by atoms with Crippen molar-refractivity contribution in [1.82, 2.24) is 0 Å². The quantitative estimate of drug-likeness (QED) is 0.672. The van der Waals surface area contributed by atoms with Crippen molar-refractivity contribution in [2.24, 2.45) is 23.0 Å². The van der Waals surface area contributed by atoms with Gasteiger partial charge in [-0.2, -0.15) is 0 Å². The second kappa shape index (κ2) is 3.69. The van der Waals surface area contributed by atoms with Crippen molar-refractivity contribution in [3.8, 4) is 0 Å². The van der Waals surface area contributed by atoms with Crippen LogP contribution in [0.4, 0.5) is 0 Å². The van der Waals surface area contributed by atoms with Crippen LogP contribution in [-0.4, -0.2) is 5.54 Å². The third-order valence-corrected chi connectivity index (χ3v) is 3.49. The third kappa shape index (κ3) is 2.84. The largest absolute Gasteiger partial charge is 0.322 e. The summed E-state index contributed by atoms with van der Waals surface area (Å²) >= 11 is 0. The van der Waals surface area contributed by atoms with Crippen molar-refractivity contribution in [1.29, 1.82) is 0 Å². The van der Waals surface area contributed by atoms with Gasteiger partial charge in [0.25, 0.3) is 0 Å². The maximum atomic E-state index is 5.96. The lowest BCUT2D eigenvalue weighted by Crippen LogP contribution is -2.30. The lowest BCUT2D eigenvalue weighted by Gasteiger charge is -2.27. The summed E-state index contributed by atoms with van der Waals surface area (Å²) in [5, 5.41) is 0. The highest BCUT2D eigenvalue weighted by Gasteiger charge is 2.37. The molecule has 1 heteroatoms. The third-order valence-electron chi connectivity index (χ3n) is 3.49. The van der Waals surface area contributed by atoms with Crippen molar-refractivity contribution in [3.05, 3.63) is 12.2 Å².